The number of aliphatic hydroxyl groups is 1. The Hall–Kier alpha value is -0.940. The zero-order valence-electron chi connectivity index (χ0n) is 13.2. The zero-order valence-corrected chi connectivity index (χ0v) is 13.2. The molecule has 118 valence electrons. The molecule has 0 aliphatic carbocycles. The molecule has 2 N–H and O–H groups in total. The SMILES string of the molecule is CC(OCC(O)CNCC1CCN(C)C1)c1ccccc1. The van der Waals surface area contributed by atoms with E-state index in [1.54, 1.807) is 0 Å². The summed E-state index contributed by atoms with van der Waals surface area (Å²) in [5, 5.41) is 13.3. The fraction of sp³-hybridized carbons (Fsp3) is 0.647. The van der Waals surface area contributed by atoms with Gasteiger partial charge in [0.1, 0.15) is 0 Å². The summed E-state index contributed by atoms with van der Waals surface area (Å²) < 4.78 is 5.73. The molecule has 1 aliphatic rings. The molecule has 1 aliphatic heterocycles. The Bertz CT molecular complexity index is 399. The van der Waals surface area contributed by atoms with E-state index in [9.17, 15) is 5.11 Å². The molecule has 0 saturated carbocycles. The van der Waals surface area contributed by atoms with Crippen molar-refractivity contribution in [1.82, 2.24) is 10.2 Å². The van der Waals surface area contributed by atoms with Crippen LogP contribution >= 0.6 is 0 Å². The number of rotatable bonds is 8. The fourth-order valence-electron chi connectivity index (χ4n) is 2.78. The fourth-order valence-corrected chi connectivity index (χ4v) is 2.78. The third-order valence-corrected chi connectivity index (χ3v) is 4.11. The Morgan fingerprint density at radius 3 is 2.81 bits per heavy atom. The molecule has 21 heavy (non-hydrogen) atoms. The van der Waals surface area contributed by atoms with Gasteiger partial charge in [-0.25, -0.2) is 0 Å². The zero-order chi connectivity index (χ0) is 15.1. The van der Waals surface area contributed by atoms with Gasteiger partial charge in [0.25, 0.3) is 0 Å². The lowest BCUT2D eigenvalue weighted by Gasteiger charge is -2.18. The molecule has 0 bridgehead atoms. The van der Waals surface area contributed by atoms with E-state index in [4.69, 9.17) is 4.74 Å². The minimum absolute atomic E-state index is 0.0179. The van der Waals surface area contributed by atoms with Crippen molar-refractivity contribution in [3.63, 3.8) is 0 Å². The monoisotopic (exact) mass is 292 g/mol. The number of hydrogen-bond acceptors (Lipinski definition) is 4. The highest BCUT2D eigenvalue weighted by atomic mass is 16.5. The Morgan fingerprint density at radius 2 is 2.14 bits per heavy atom. The van der Waals surface area contributed by atoms with Crippen LogP contribution in [-0.2, 0) is 4.74 Å². The molecule has 1 aromatic carbocycles. The number of hydrogen-bond donors (Lipinski definition) is 2. The van der Waals surface area contributed by atoms with Crippen LogP contribution in [0.5, 0.6) is 0 Å². The van der Waals surface area contributed by atoms with Crippen molar-refractivity contribution in [2.45, 2.75) is 25.6 Å². The molecule has 1 aromatic rings. The molecule has 2 rings (SSSR count). The minimum Gasteiger partial charge on any atom is -0.389 e. The van der Waals surface area contributed by atoms with Crippen molar-refractivity contribution >= 4 is 0 Å². The molecule has 4 heteroatoms. The Balaban J connectivity index is 1.58. The Morgan fingerprint density at radius 1 is 1.38 bits per heavy atom. The van der Waals surface area contributed by atoms with Gasteiger partial charge in [-0.2, -0.15) is 0 Å². The van der Waals surface area contributed by atoms with Gasteiger partial charge in [-0.1, -0.05) is 30.3 Å². The molecular weight excluding hydrogens is 264 g/mol. The van der Waals surface area contributed by atoms with Gasteiger partial charge in [-0.05, 0) is 45.0 Å². The van der Waals surface area contributed by atoms with Gasteiger partial charge < -0.3 is 20.1 Å². The highest BCUT2D eigenvalue weighted by Crippen LogP contribution is 2.16. The summed E-state index contributed by atoms with van der Waals surface area (Å²) in [4.78, 5) is 2.35. The quantitative estimate of drug-likeness (QED) is 0.765. The van der Waals surface area contributed by atoms with Gasteiger partial charge in [0, 0.05) is 13.1 Å². The lowest BCUT2D eigenvalue weighted by Crippen LogP contribution is -2.34. The molecule has 4 nitrogen and oxygen atoms in total. The molecule has 1 saturated heterocycles. The molecule has 0 amide bonds. The smallest absolute Gasteiger partial charge is 0.0897 e. The summed E-state index contributed by atoms with van der Waals surface area (Å²) in [6.45, 7) is 6.31. The molecule has 0 aromatic heterocycles. The second-order valence-electron chi connectivity index (χ2n) is 6.12. The van der Waals surface area contributed by atoms with Gasteiger partial charge in [0.05, 0.1) is 18.8 Å². The van der Waals surface area contributed by atoms with E-state index < -0.39 is 6.10 Å². The van der Waals surface area contributed by atoms with Crippen molar-refractivity contribution in [2.75, 3.05) is 39.8 Å². The summed E-state index contributed by atoms with van der Waals surface area (Å²) in [7, 11) is 2.16. The van der Waals surface area contributed by atoms with Crippen LogP contribution in [0.3, 0.4) is 0 Å². The first-order valence-electron chi connectivity index (χ1n) is 7.89. The number of nitrogens with zero attached hydrogens (tertiary/aromatic N) is 1. The van der Waals surface area contributed by atoms with Crippen molar-refractivity contribution in [3.05, 3.63) is 35.9 Å². The summed E-state index contributed by atoms with van der Waals surface area (Å²) in [6, 6.07) is 10.1. The minimum atomic E-state index is -0.449. The number of benzene rings is 1. The van der Waals surface area contributed by atoms with Crippen LogP contribution in [0.2, 0.25) is 0 Å². The predicted molar refractivity (Wildman–Crippen MR) is 85.3 cm³/mol. The molecule has 1 fully saturated rings. The van der Waals surface area contributed by atoms with Crippen LogP contribution in [0, 0.1) is 5.92 Å². The topological polar surface area (TPSA) is 44.7 Å². The highest BCUT2D eigenvalue weighted by Gasteiger charge is 2.19. The lowest BCUT2D eigenvalue weighted by atomic mass is 10.1. The first kappa shape index (κ1) is 16.4. The van der Waals surface area contributed by atoms with Crippen molar-refractivity contribution in [2.24, 2.45) is 5.92 Å². The van der Waals surface area contributed by atoms with Crippen molar-refractivity contribution in [1.29, 1.82) is 0 Å². The predicted octanol–water partition coefficient (Wildman–Crippen LogP) is 1.67. The molecule has 0 spiro atoms. The first-order chi connectivity index (χ1) is 10.1. The van der Waals surface area contributed by atoms with Crippen LogP contribution in [0.4, 0.5) is 0 Å². The molecular formula is C17H28N2O2. The van der Waals surface area contributed by atoms with Gasteiger partial charge in [-0.15, -0.1) is 0 Å². The molecule has 1 heterocycles. The number of nitrogens with one attached hydrogen (secondary N) is 1. The normalized spacial score (nSPS) is 22.3. The average molecular weight is 292 g/mol. The van der Waals surface area contributed by atoms with E-state index in [0.29, 0.717) is 19.1 Å². The average Bonchev–Trinajstić information content (AvgIpc) is 2.91. The summed E-state index contributed by atoms with van der Waals surface area (Å²) in [6.07, 6.45) is 0.820. The third-order valence-electron chi connectivity index (χ3n) is 4.11. The van der Waals surface area contributed by atoms with Gasteiger partial charge in [-0.3, -0.25) is 0 Å². The van der Waals surface area contributed by atoms with E-state index in [2.05, 4.69) is 17.3 Å². The van der Waals surface area contributed by atoms with E-state index in [-0.39, 0.29) is 6.10 Å². The van der Waals surface area contributed by atoms with E-state index in [0.717, 1.165) is 18.7 Å². The maximum absolute atomic E-state index is 9.97. The summed E-state index contributed by atoms with van der Waals surface area (Å²) in [5.74, 6) is 0.714. The standard InChI is InChI=1S/C17H28N2O2/c1-14(16-6-4-3-5-7-16)21-13-17(20)11-18-10-15-8-9-19(2)12-15/h3-7,14-15,17-18,20H,8-13H2,1-2H3. The second-order valence-corrected chi connectivity index (χ2v) is 6.12. The van der Waals surface area contributed by atoms with Gasteiger partial charge in [0.15, 0.2) is 0 Å². The van der Waals surface area contributed by atoms with Crippen molar-refractivity contribution in [3.8, 4) is 0 Å². The largest absolute Gasteiger partial charge is 0.389 e. The second kappa shape index (κ2) is 8.49. The summed E-state index contributed by atoms with van der Waals surface area (Å²) in [5.41, 5.74) is 1.15. The molecule has 3 atom stereocenters. The maximum atomic E-state index is 9.97. The van der Waals surface area contributed by atoms with Gasteiger partial charge in [0.2, 0.25) is 0 Å². The van der Waals surface area contributed by atoms with Crippen LogP contribution < -0.4 is 5.32 Å². The number of ether oxygens (including phenoxy) is 1. The maximum Gasteiger partial charge on any atom is 0.0897 e. The van der Waals surface area contributed by atoms with Crippen LogP contribution in [-0.4, -0.2) is 55.9 Å². The lowest BCUT2D eigenvalue weighted by molar-refractivity contribution is -0.00221. The van der Waals surface area contributed by atoms with E-state index >= 15 is 0 Å². The van der Waals surface area contributed by atoms with E-state index in [1.165, 1.54) is 13.0 Å². The highest BCUT2D eigenvalue weighted by molar-refractivity contribution is 5.16. The Labute approximate surface area is 128 Å². The molecule has 0 radical (unpaired) electrons. The van der Waals surface area contributed by atoms with Crippen molar-refractivity contribution < 1.29 is 9.84 Å². The third kappa shape index (κ3) is 5.75. The number of likely N-dealkylation sites (tertiary alicyclic amines) is 1. The first-order valence-corrected chi connectivity index (χ1v) is 7.89. The molecule has 3 unspecified atom stereocenters. The van der Waals surface area contributed by atoms with Crippen LogP contribution in [0.1, 0.15) is 25.0 Å². The van der Waals surface area contributed by atoms with Crippen LogP contribution in [0.25, 0.3) is 0 Å². The summed E-state index contributed by atoms with van der Waals surface area (Å²) >= 11 is 0. The van der Waals surface area contributed by atoms with Crippen LogP contribution in [0.15, 0.2) is 30.3 Å². The number of aliphatic hydroxyl groups excluding tert-OH is 1. The Kier molecular flexibility index (Phi) is 6.64. The van der Waals surface area contributed by atoms with E-state index in [1.807, 2.05) is 37.3 Å². The van der Waals surface area contributed by atoms with Gasteiger partial charge >= 0.3 is 0 Å².